The minimum absolute atomic E-state index is 0.00997. The van der Waals surface area contributed by atoms with Gasteiger partial charge < -0.3 is 29.0 Å². The highest BCUT2D eigenvalue weighted by Crippen LogP contribution is 2.45. The first kappa shape index (κ1) is 23.1. The van der Waals surface area contributed by atoms with Gasteiger partial charge in [-0.15, -0.1) is 0 Å². The number of ether oxygens (including phenoxy) is 4. The van der Waals surface area contributed by atoms with Gasteiger partial charge in [0.15, 0.2) is 11.5 Å². The quantitative estimate of drug-likeness (QED) is 0.382. The number of aliphatic hydroxyl groups excluding tert-OH is 1. The molecule has 1 aliphatic rings. The highest BCUT2D eigenvalue weighted by molar-refractivity contribution is 6.46. The molecule has 1 heterocycles. The lowest BCUT2D eigenvalue weighted by Gasteiger charge is -2.26. The average Bonchev–Trinajstić information content (AvgIpc) is 3.06. The van der Waals surface area contributed by atoms with E-state index in [1.165, 1.54) is 33.3 Å². The Hall–Kier alpha value is -3.52. The first-order chi connectivity index (χ1) is 15.4. The first-order valence-electron chi connectivity index (χ1n) is 10.0. The van der Waals surface area contributed by atoms with Crippen LogP contribution in [0.2, 0.25) is 0 Å². The molecule has 1 fully saturated rings. The zero-order valence-corrected chi connectivity index (χ0v) is 18.8. The topological polar surface area (TPSA) is 94.5 Å². The predicted molar refractivity (Wildman–Crippen MR) is 118 cm³/mol. The van der Waals surface area contributed by atoms with Crippen LogP contribution in [0.25, 0.3) is 5.76 Å². The molecule has 170 valence electrons. The van der Waals surface area contributed by atoms with E-state index in [4.69, 9.17) is 18.9 Å². The number of rotatable bonds is 8. The lowest BCUT2D eigenvalue weighted by Crippen LogP contribution is -2.32. The largest absolute Gasteiger partial charge is 0.507 e. The van der Waals surface area contributed by atoms with Crippen molar-refractivity contribution in [3.05, 3.63) is 58.7 Å². The second-order valence-corrected chi connectivity index (χ2v) is 7.31. The summed E-state index contributed by atoms with van der Waals surface area (Å²) < 4.78 is 21.4. The standard InChI is InChI=1S/C24H27NO7/c1-14-6-8-15(9-7-14)21(26)19-20(25(10-11-29-2)24(28)22(19)27)16-12-17(30-3)23(32-5)18(13-16)31-4/h6-9,12-13,20,26H,10-11H2,1-5H3/b21-19+. The lowest BCUT2D eigenvalue weighted by molar-refractivity contribution is -0.140. The van der Waals surface area contributed by atoms with Crippen LogP contribution >= 0.6 is 0 Å². The average molecular weight is 441 g/mol. The van der Waals surface area contributed by atoms with Crippen molar-refractivity contribution < 1.29 is 33.6 Å². The molecule has 1 amide bonds. The number of hydrogen-bond acceptors (Lipinski definition) is 7. The summed E-state index contributed by atoms with van der Waals surface area (Å²) in [6.07, 6.45) is 0. The number of aryl methyl sites for hydroxylation is 1. The van der Waals surface area contributed by atoms with Crippen LogP contribution in [0.1, 0.15) is 22.7 Å². The molecule has 2 aromatic rings. The van der Waals surface area contributed by atoms with Gasteiger partial charge in [-0.1, -0.05) is 29.8 Å². The molecular formula is C24H27NO7. The third kappa shape index (κ3) is 4.13. The van der Waals surface area contributed by atoms with Gasteiger partial charge in [-0.3, -0.25) is 9.59 Å². The van der Waals surface area contributed by atoms with Crippen molar-refractivity contribution in [2.24, 2.45) is 0 Å². The Morgan fingerprint density at radius 3 is 2.06 bits per heavy atom. The Balaban J connectivity index is 2.25. The van der Waals surface area contributed by atoms with Gasteiger partial charge in [-0.2, -0.15) is 0 Å². The number of benzene rings is 2. The second kappa shape index (κ2) is 9.74. The molecular weight excluding hydrogens is 414 g/mol. The molecule has 3 rings (SSSR count). The minimum Gasteiger partial charge on any atom is -0.507 e. The normalized spacial score (nSPS) is 17.5. The molecule has 0 aromatic heterocycles. The van der Waals surface area contributed by atoms with E-state index < -0.39 is 17.7 Å². The Morgan fingerprint density at radius 1 is 0.969 bits per heavy atom. The maximum Gasteiger partial charge on any atom is 0.295 e. The minimum atomic E-state index is -0.861. The fourth-order valence-corrected chi connectivity index (χ4v) is 3.77. The van der Waals surface area contributed by atoms with Crippen LogP contribution in [0.15, 0.2) is 42.0 Å². The number of aliphatic hydroxyl groups is 1. The van der Waals surface area contributed by atoms with Gasteiger partial charge >= 0.3 is 0 Å². The Bertz CT molecular complexity index is 1020. The number of likely N-dealkylation sites (tertiary alicyclic amines) is 1. The second-order valence-electron chi connectivity index (χ2n) is 7.31. The van der Waals surface area contributed by atoms with E-state index in [9.17, 15) is 14.7 Å². The van der Waals surface area contributed by atoms with E-state index in [-0.39, 0.29) is 24.5 Å². The molecule has 8 heteroatoms. The van der Waals surface area contributed by atoms with E-state index >= 15 is 0 Å². The third-order valence-corrected chi connectivity index (χ3v) is 5.40. The number of ketones is 1. The highest BCUT2D eigenvalue weighted by Gasteiger charge is 2.46. The van der Waals surface area contributed by atoms with E-state index in [0.717, 1.165) is 5.56 Å². The molecule has 0 aliphatic carbocycles. The number of carbonyl (C=O) groups is 2. The van der Waals surface area contributed by atoms with E-state index in [1.54, 1.807) is 24.3 Å². The number of amides is 1. The third-order valence-electron chi connectivity index (χ3n) is 5.40. The smallest absolute Gasteiger partial charge is 0.295 e. The fraction of sp³-hybridized carbons (Fsp3) is 0.333. The summed E-state index contributed by atoms with van der Waals surface area (Å²) in [5.74, 6) is -0.607. The van der Waals surface area contributed by atoms with Crippen LogP contribution in [0.3, 0.4) is 0 Å². The molecule has 0 saturated carbocycles. The van der Waals surface area contributed by atoms with Gasteiger partial charge in [0.2, 0.25) is 5.75 Å². The molecule has 1 aliphatic heterocycles. The van der Waals surface area contributed by atoms with Crippen LogP contribution in [-0.4, -0.2) is 63.3 Å². The number of hydrogen-bond donors (Lipinski definition) is 1. The van der Waals surface area contributed by atoms with Crippen molar-refractivity contribution in [3.8, 4) is 17.2 Å². The number of Topliss-reactive ketones (excluding diaryl/α,β-unsaturated/α-hetero) is 1. The molecule has 8 nitrogen and oxygen atoms in total. The van der Waals surface area contributed by atoms with Gasteiger partial charge in [-0.25, -0.2) is 0 Å². The molecule has 1 saturated heterocycles. The van der Waals surface area contributed by atoms with Crippen LogP contribution in [-0.2, 0) is 14.3 Å². The molecule has 2 aromatic carbocycles. The van der Waals surface area contributed by atoms with Gasteiger partial charge in [-0.05, 0) is 24.6 Å². The molecule has 1 atom stereocenters. The van der Waals surface area contributed by atoms with Gasteiger partial charge in [0.25, 0.3) is 11.7 Å². The SMILES string of the molecule is COCCN1C(=O)C(=O)/C(=C(/O)c2ccc(C)cc2)C1c1cc(OC)c(OC)c(OC)c1. The highest BCUT2D eigenvalue weighted by atomic mass is 16.5. The Morgan fingerprint density at radius 2 is 1.56 bits per heavy atom. The van der Waals surface area contributed by atoms with Crippen molar-refractivity contribution in [3.63, 3.8) is 0 Å². The summed E-state index contributed by atoms with van der Waals surface area (Å²) >= 11 is 0. The Labute approximate surface area is 187 Å². The van der Waals surface area contributed by atoms with E-state index in [0.29, 0.717) is 28.4 Å². The number of methoxy groups -OCH3 is 4. The molecule has 1 unspecified atom stereocenters. The summed E-state index contributed by atoms with van der Waals surface area (Å²) in [7, 11) is 5.96. The van der Waals surface area contributed by atoms with Crippen molar-refractivity contribution in [2.45, 2.75) is 13.0 Å². The zero-order valence-electron chi connectivity index (χ0n) is 18.8. The van der Waals surface area contributed by atoms with Crippen molar-refractivity contribution in [1.82, 2.24) is 4.90 Å². The summed E-state index contributed by atoms with van der Waals surface area (Å²) in [5, 5.41) is 11.1. The summed E-state index contributed by atoms with van der Waals surface area (Å²) in [6.45, 7) is 2.30. The van der Waals surface area contributed by atoms with Crippen LogP contribution in [0.4, 0.5) is 0 Å². The van der Waals surface area contributed by atoms with Crippen LogP contribution in [0, 0.1) is 6.92 Å². The molecule has 1 N–H and O–H groups in total. The molecule has 0 radical (unpaired) electrons. The number of nitrogens with zero attached hydrogens (tertiary/aromatic N) is 1. The zero-order chi connectivity index (χ0) is 23.4. The molecule has 32 heavy (non-hydrogen) atoms. The van der Waals surface area contributed by atoms with Crippen molar-refractivity contribution in [2.75, 3.05) is 41.6 Å². The van der Waals surface area contributed by atoms with Crippen molar-refractivity contribution >= 4 is 17.4 Å². The summed E-state index contributed by atoms with van der Waals surface area (Å²) in [5.41, 5.74) is 1.97. The summed E-state index contributed by atoms with van der Waals surface area (Å²) in [4.78, 5) is 27.3. The van der Waals surface area contributed by atoms with Gasteiger partial charge in [0.1, 0.15) is 5.76 Å². The summed E-state index contributed by atoms with van der Waals surface area (Å²) in [6, 6.07) is 9.54. The maximum atomic E-state index is 13.0. The van der Waals surface area contributed by atoms with Gasteiger partial charge in [0, 0.05) is 19.2 Å². The van der Waals surface area contributed by atoms with E-state index in [2.05, 4.69) is 0 Å². The molecule has 0 spiro atoms. The number of carbonyl (C=O) groups excluding carboxylic acids is 2. The van der Waals surface area contributed by atoms with Crippen LogP contribution < -0.4 is 14.2 Å². The van der Waals surface area contributed by atoms with E-state index in [1.807, 2.05) is 19.1 Å². The predicted octanol–water partition coefficient (Wildman–Crippen LogP) is 3.09. The maximum absolute atomic E-state index is 13.0. The van der Waals surface area contributed by atoms with Crippen molar-refractivity contribution in [1.29, 1.82) is 0 Å². The lowest BCUT2D eigenvalue weighted by atomic mass is 9.94. The monoisotopic (exact) mass is 441 g/mol. The fourth-order valence-electron chi connectivity index (χ4n) is 3.77. The van der Waals surface area contributed by atoms with Gasteiger partial charge in [0.05, 0.1) is 39.6 Å². The Kier molecular flexibility index (Phi) is 7.05. The first-order valence-corrected chi connectivity index (χ1v) is 10.0. The molecule has 0 bridgehead atoms. The van der Waals surface area contributed by atoms with Crippen LogP contribution in [0.5, 0.6) is 17.2 Å².